The molecule has 0 aliphatic heterocycles. The van der Waals surface area contributed by atoms with Crippen LogP contribution in [0.5, 0.6) is 0 Å². The first kappa shape index (κ1) is 33.0. The summed E-state index contributed by atoms with van der Waals surface area (Å²) in [5.74, 6) is 0. The van der Waals surface area contributed by atoms with Gasteiger partial charge in [0.25, 0.3) is 0 Å². The second kappa shape index (κ2) is 30.0. The highest BCUT2D eigenvalue weighted by atomic mass is 16.7. The number of hydrogen-bond acceptors (Lipinski definition) is 3. The highest BCUT2D eigenvalue weighted by Crippen LogP contribution is 2.12. The Kier molecular flexibility index (Phi) is 29.2. The Morgan fingerprint density at radius 2 is 0.735 bits per heavy atom. The van der Waals surface area contributed by atoms with Crippen LogP contribution < -0.4 is 0 Å². The summed E-state index contributed by atoms with van der Waals surface area (Å²) in [7, 11) is 0. The molecule has 3 nitrogen and oxygen atoms in total. The Bertz CT molecular complexity index is 419. The molecule has 0 saturated heterocycles. The van der Waals surface area contributed by atoms with Crippen molar-refractivity contribution in [3.05, 3.63) is 12.2 Å². The van der Waals surface area contributed by atoms with Gasteiger partial charge in [-0.15, -0.1) is 0 Å². The van der Waals surface area contributed by atoms with Crippen molar-refractivity contribution in [1.82, 2.24) is 0 Å². The Hall–Kier alpha value is -0.990. The van der Waals surface area contributed by atoms with Gasteiger partial charge in [-0.2, -0.15) is 0 Å². The van der Waals surface area contributed by atoms with Gasteiger partial charge in [0.15, 0.2) is 0 Å². The average molecular weight is 481 g/mol. The third-order valence-electron chi connectivity index (χ3n) is 6.59. The Morgan fingerprint density at radius 1 is 0.441 bits per heavy atom. The molecule has 202 valence electrons. The maximum Gasteiger partial charge on any atom is 0.508 e. The van der Waals surface area contributed by atoms with E-state index in [1.165, 1.54) is 128 Å². The zero-order valence-electron chi connectivity index (χ0n) is 23.3. The molecule has 0 aromatic heterocycles. The van der Waals surface area contributed by atoms with Crippen LogP contribution in [0, 0.1) is 0 Å². The van der Waals surface area contributed by atoms with E-state index in [1.807, 2.05) is 0 Å². The molecule has 0 aliphatic rings. The number of carbonyl (C=O) groups is 1. The van der Waals surface area contributed by atoms with Gasteiger partial charge in [-0.1, -0.05) is 142 Å². The number of rotatable bonds is 27. The van der Waals surface area contributed by atoms with Gasteiger partial charge in [0.2, 0.25) is 0 Å². The van der Waals surface area contributed by atoms with E-state index in [1.54, 1.807) is 0 Å². The van der Waals surface area contributed by atoms with E-state index < -0.39 is 6.16 Å². The maximum absolute atomic E-state index is 11.6. The normalized spacial score (nSPS) is 11.4. The predicted octanol–water partition coefficient (Wildman–Crippen LogP) is 11.1. The molecule has 0 aliphatic carbocycles. The molecule has 0 amide bonds. The molecule has 0 radical (unpaired) electrons. The summed E-state index contributed by atoms with van der Waals surface area (Å²) >= 11 is 0. The molecule has 34 heavy (non-hydrogen) atoms. The molecule has 0 unspecified atom stereocenters. The van der Waals surface area contributed by atoms with E-state index in [4.69, 9.17) is 9.47 Å². The van der Waals surface area contributed by atoms with Crippen LogP contribution in [0.15, 0.2) is 12.2 Å². The molecule has 0 aromatic carbocycles. The summed E-state index contributed by atoms with van der Waals surface area (Å²) in [6.45, 7) is 5.54. The Balaban J connectivity index is 3.19. The van der Waals surface area contributed by atoms with Crippen molar-refractivity contribution < 1.29 is 14.3 Å². The van der Waals surface area contributed by atoms with E-state index >= 15 is 0 Å². The van der Waals surface area contributed by atoms with Gasteiger partial charge < -0.3 is 9.47 Å². The van der Waals surface area contributed by atoms with Crippen molar-refractivity contribution in [2.75, 3.05) is 13.2 Å². The van der Waals surface area contributed by atoms with Gasteiger partial charge in [0.1, 0.15) is 0 Å². The van der Waals surface area contributed by atoms with Crippen molar-refractivity contribution in [3.63, 3.8) is 0 Å². The molecular formula is C31H60O3. The minimum absolute atomic E-state index is 0.483. The largest absolute Gasteiger partial charge is 0.508 e. The lowest BCUT2D eigenvalue weighted by atomic mass is 10.1. The summed E-state index contributed by atoms with van der Waals surface area (Å²) in [5, 5.41) is 0. The highest BCUT2D eigenvalue weighted by Gasteiger charge is 2.03. The number of unbranched alkanes of at least 4 members (excludes halogenated alkanes) is 21. The molecule has 3 heteroatoms. The fourth-order valence-corrected chi connectivity index (χ4v) is 4.29. The SMILES string of the molecule is CCCCCCCCC=CCCCCCCCCOC(=O)OCCCCCCCCCCCC. The predicted molar refractivity (Wildman–Crippen MR) is 149 cm³/mol. The molecule has 0 fully saturated rings. The second-order valence-corrected chi connectivity index (χ2v) is 10.1. The summed E-state index contributed by atoms with van der Waals surface area (Å²) in [6, 6.07) is 0. The fraction of sp³-hybridized carbons (Fsp3) is 0.903. The number of carbonyl (C=O) groups excluding carboxylic acids is 1. The maximum atomic E-state index is 11.6. The average Bonchev–Trinajstić information content (AvgIpc) is 2.84. The van der Waals surface area contributed by atoms with E-state index in [0.29, 0.717) is 13.2 Å². The van der Waals surface area contributed by atoms with Crippen molar-refractivity contribution >= 4 is 6.16 Å². The van der Waals surface area contributed by atoms with Crippen molar-refractivity contribution in [1.29, 1.82) is 0 Å². The zero-order chi connectivity index (χ0) is 24.8. The van der Waals surface area contributed by atoms with Crippen LogP contribution in [-0.2, 0) is 9.47 Å². The quantitative estimate of drug-likeness (QED) is 0.0666. The summed E-state index contributed by atoms with van der Waals surface area (Å²) in [6.07, 6.45) is 35.2. The van der Waals surface area contributed by atoms with Crippen LogP contribution in [0.3, 0.4) is 0 Å². The summed E-state index contributed by atoms with van der Waals surface area (Å²) in [5.41, 5.74) is 0. The Morgan fingerprint density at radius 3 is 1.09 bits per heavy atom. The van der Waals surface area contributed by atoms with E-state index in [2.05, 4.69) is 26.0 Å². The lowest BCUT2D eigenvalue weighted by Crippen LogP contribution is -2.09. The lowest BCUT2D eigenvalue weighted by Gasteiger charge is -2.06. The minimum atomic E-state index is -0.483. The third-order valence-corrected chi connectivity index (χ3v) is 6.59. The molecule has 0 atom stereocenters. The van der Waals surface area contributed by atoms with Crippen molar-refractivity contribution in [3.8, 4) is 0 Å². The molecule has 0 bridgehead atoms. The monoisotopic (exact) mass is 480 g/mol. The van der Waals surface area contributed by atoms with Crippen LogP contribution in [0.25, 0.3) is 0 Å². The molecule has 0 rings (SSSR count). The van der Waals surface area contributed by atoms with Crippen molar-refractivity contribution in [2.45, 2.75) is 168 Å². The standard InChI is InChI=1S/C31H60O3/c1-3-5-7-9-11-13-15-16-17-18-19-20-22-24-26-28-30-34-31(32)33-29-27-25-23-21-14-12-10-8-6-4-2/h16-17H,3-15,18-30H2,1-2H3. The number of ether oxygens (including phenoxy) is 2. The van der Waals surface area contributed by atoms with Crippen LogP contribution in [0.2, 0.25) is 0 Å². The second-order valence-electron chi connectivity index (χ2n) is 10.1. The van der Waals surface area contributed by atoms with Gasteiger partial charge >= 0.3 is 6.16 Å². The minimum Gasteiger partial charge on any atom is -0.434 e. The van der Waals surface area contributed by atoms with Crippen LogP contribution in [0.4, 0.5) is 4.79 Å². The van der Waals surface area contributed by atoms with Gasteiger partial charge in [-0.3, -0.25) is 0 Å². The third kappa shape index (κ3) is 29.0. The molecule has 0 aromatic rings. The Labute approximate surface area is 213 Å². The molecule has 0 heterocycles. The van der Waals surface area contributed by atoms with Gasteiger partial charge in [0, 0.05) is 0 Å². The fourth-order valence-electron chi connectivity index (χ4n) is 4.29. The number of hydrogen-bond donors (Lipinski definition) is 0. The highest BCUT2D eigenvalue weighted by molar-refractivity contribution is 5.59. The summed E-state index contributed by atoms with van der Waals surface area (Å²) in [4.78, 5) is 11.6. The van der Waals surface area contributed by atoms with E-state index in [9.17, 15) is 4.79 Å². The first-order valence-electron chi connectivity index (χ1n) is 15.3. The topological polar surface area (TPSA) is 35.5 Å². The van der Waals surface area contributed by atoms with Crippen LogP contribution in [0.1, 0.15) is 168 Å². The first-order valence-corrected chi connectivity index (χ1v) is 15.3. The molecule has 0 spiro atoms. The molecular weight excluding hydrogens is 420 g/mol. The van der Waals surface area contributed by atoms with E-state index in [-0.39, 0.29) is 0 Å². The van der Waals surface area contributed by atoms with E-state index in [0.717, 1.165) is 25.7 Å². The van der Waals surface area contributed by atoms with Crippen LogP contribution >= 0.6 is 0 Å². The lowest BCUT2D eigenvalue weighted by molar-refractivity contribution is 0.0529. The molecule has 0 N–H and O–H groups in total. The van der Waals surface area contributed by atoms with Gasteiger partial charge in [-0.25, -0.2) is 4.79 Å². The first-order chi connectivity index (χ1) is 16.8. The zero-order valence-corrected chi connectivity index (χ0v) is 23.3. The van der Waals surface area contributed by atoms with Gasteiger partial charge in [0.05, 0.1) is 13.2 Å². The van der Waals surface area contributed by atoms with Crippen molar-refractivity contribution in [2.24, 2.45) is 0 Å². The van der Waals surface area contributed by atoms with Gasteiger partial charge in [-0.05, 0) is 38.5 Å². The molecule has 0 saturated carbocycles. The number of allylic oxidation sites excluding steroid dienone is 2. The van der Waals surface area contributed by atoms with Crippen LogP contribution in [-0.4, -0.2) is 19.4 Å². The summed E-state index contributed by atoms with van der Waals surface area (Å²) < 4.78 is 10.4. The smallest absolute Gasteiger partial charge is 0.434 e.